The molecule has 0 radical (unpaired) electrons. The van der Waals surface area contributed by atoms with Gasteiger partial charge in [0.15, 0.2) is 0 Å². The molecule has 128 valence electrons. The highest BCUT2D eigenvalue weighted by molar-refractivity contribution is 5.79. The first-order valence-electron chi connectivity index (χ1n) is 7.22. The predicted octanol–water partition coefficient (Wildman–Crippen LogP) is 1.58. The molecule has 2 amide bonds. The van der Waals surface area contributed by atoms with Crippen molar-refractivity contribution in [2.45, 2.75) is 51.4 Å². The Kier molecular flexibility index (Phi) is 4.96. The Balaban J connectivity index is 2.13. The first-order chi connectivity index (χ1) is 10.7. The van der Waals surface area contributed by atoms with Gasteiger partial charge in [-0.15, -0.1) is 0 Å². The summed E-state index contributed by atoms with van der Waals surface area (Å²) in [5.74, 6) is -0.536. The third kappa shape index (κ3) is 4.46. The molecule has 0 bridgehead atoms. The van der Waals surface area contributed by atoms with Crippen molar-refractivity contribution in [2.75, 3.05) is 6.54 Å². The highest BCUT2D eigenvalue weighted by Gasteiger charge is 2.48. The largest absolute Gasteiger partial charge is 0.408 e. The molecule has 1 aromatic rings. The number of piperidine rings is 1. The van der Waals surface area contributed by atoms with E-state index in [-0.39, 0.29) is 37.4 Å². The Morgan fingerprint density at radius 1 is 1.43 bits per heavy atom. The third-order valence-corrected chi connectivity index (χ3v) is 3.70. The molecule has 2 heterocycles. The van der Waals surface area contributed by atoms with Crippen molar-refractivity contribution >= 4 is 11.8 Å². The highest BCUT2D eigenvalue weighted by atomic mass is 19.4. The average Bonchev–Trinajstić information content (AvgIpc) is 2.82. The summed E-state index contributed by atoms with van der Waals surface area (Å²) in [6.07, 6.45) is -4.83. The van der Waals surface area contributed by atoms with Crippen LogP contribution in [0.2, 0.25) is 0 Å². The van der Waals surface area contributed by atoms with Gasteiger partial charge in [-0.1, -0.05) is 5.16 Å². The summed E-state index contributed by atoms with van der Waals surface area (Å²) in [6.45, 7) is 2.76. The van der Waals surface area contributed by atoms with Gasteiger partial charge >= 0.3 is 6.18 Å². The maximum absolute atomic E-state index is 13.2. The normalized spacial score (nSPS) is 22.0. The fourth-order valence-electron chi connectivity index (χ4n) is 2.75. The van der Waals surface area contributed by atoms with E-state index in [1.165, 1.54) is 13.0 Å². The van der Waals surface area contributed by atoms with Crippen LogP contribution in [0.1, 0.15) is 31.2 Å². The zero-order chi connectivity index (χ0) is 17.2. The van der Waals surface area contributed by atoms with Crippen molar-refractivity contribution < 1.29 is 27.3 Å². The molecule has 2 rings (SSSR count). The van der Waals surface area contributed by atoms with Crippen LogP contribution in [0, 0.1) is 6.92 Å². The lowest BCUT2D eigenvalue weighted by molar-refractivity contribution is -0.197. The number of carbonyl (C=O) groups is 2. The Morgan fingerprint density at radius 2 is 2.13 bits per heavy atom. The maximum Gasteiger partial charge on any atom is 0.408 e. The van der Waals surface area contributed by atoms with E-state index in [0.29, 0.717) is 5.76 Å². The highest BCUT2D eigenvalue weighted by Crippen LogP contribution is 2.32. The number of nitrogens with zero attached hydrogens (tertiary/aromatic N) is 2. The number of amides is 2. The van der Waals surface area contributed by atoms with Crippen LogP contribution in [0.25, 0.3) is 0 Å². The second kappa shape index (κ2) is 6.59. The molecule has 0 spiro atoms. The summed E-state index contributed by atoms with van der Waals surface area (Å²) in [5.41, 5.74) is 0.287. The molecule has 0 aromatic carbocycles. The molecule has 23 heavy (non-hydrogen) atoms. The van der Waals surface area contributed by atoms with Crippen molar-refractivity contribution in [3.8, 4) is 0 Å². The van der Waals surface area contributed by atoms with Crippen molar-refractivity contribution in [1.82, 2.24) is 15.4 Å². The zero-order valence-electron chi connectivity index (χ0n) is 12.8. The number of alkyl halides is 3. The molecule has 0 unspecified atom stereocenters. The second-order valence-corrected chi connectivity index (χ2v) is 5.68. The average molecular weight is 333 g/mol. The fraction of sp³-hybridized carbons (Fsp3) is 0.643. The summed E-state index contributed by atoms with van der Waals surface area (Å²) < 4.78 is 44.3. The van der Waals surface area contributed by atoms with Crippen molar-refractivity contribution in [1.29, 1.82) is 0 Å². The number of halogens is 3. The molecule has 6 nitrogen and oxygen atoms in total. The first kappa shape index (κ1) is 17.3. The number of hydrogen-bond donors (Lipinski definition) is 1. The van der Waals surface area contributed by atoms with E-state index in [2.05, 4.69) is 10.5 Å². The number of aryl methyl sites for hydroxylation is 1. The Morgan fingerprint density at radius 3 is 2.65 bits per heavy atom. The van der Waals surface area contributed by atoms with Gasteiger partial charge in [0, 0.05) is 25.6 Å². The summed E-state index contributed by atoms with van der Waals surface area (Å²) >= 11 is 0. The molecule has 1 aliphatic heterocycles. The Labute approximate surface area is 131 Å². The topological polar surface area (TPSA) is 75.4 Å². The van der Waals surface area contributed by atoms with Crippen LogP contribution in [-0.2, 0) is 16.0 Å². The zero-order valence-corrected chi connectivity index (χ0v) is 12.8. The van der Waals surface area contributed by atoms with Crippen molar-refractivity contribution in [3.05, 3.63) is 17.5 Å². The summed E-state index contributed by atoms with van der Waals surface area (Å²) in [5, 5.41) is 6.20. The molecule has 1 fully saturated rings. The first-order valence-corrected chi connectivity index (χ1v) is 7.22. The molecule has 9 heteroatoms. The van der Waals surface area contributed by atoms with E-state index in [9.17, 15) is 22.8 Å². The minimum Gasteiger partial charge on any atom is -0.361 e. The fourth-order valence-corrected chi connectivity index (χ4v) is 2.75. The maximum atomic E-state index is 13.2. The minimum atomic E-state index is -4.50. The molecule has 1 aliphatic rings. The number of likely N-dealkylation sites (tertiary alicyclic amines) is 1. The van der Waals surface area contributed by atoms with E-state index in [4.69, 9.17) is 4.52 Å². The molecule has 1 aromatic heterocycles. The Hall–Kier alpha value is -2.06. The van der Waals surface area contributed by atoms with Gasteiger partial charge in [-0.05, 0) is 19.8 Å². The van der Waals surface area contributed by atoms with Crippen LogP contribution < -0.4 is 5.32 Å². The quantitative estimate of drug-likeness (QED) is 0.911. The number of carbonyl (C=O) groups excluding carboxylic acids is 2. The molecule has 0 aliphatic carbocycles. The minimum absolute atomic E-state index is 0.167. The molecular formula is C14H18F3N3O3. The van der Waals surface area contributed by atoms with E-state index < -0.39 is 24.2 Å². The number of nitrogens with one attached hydrogen (secondary N) is 1. The molecule has 0 saturated carbocycles. The molecule has 1 saturated heterocycles. The summed E-state index contributed by atoms with van der Waals surface area (Å²) in [6, 6.07) is -0.808. The monoisotopic (exact) mass is 333 g/mol. The van der Waals surface area contributed by atoms with Crippen molar-refractivity contribution in [3.63, 3.8) is 0 Å². The van der Waals surface area contributed by atoms with E-state index >= 15 is 0 Å². The van der Waals surface area contributed by atoms with E-state index in [1.807, 2.05) is 0 Å². The number of hydrogen-bond acceptors (Lipinski definition) is 4. The van der Waals surface area contributed by atoms with Crippen LogP contribution in [-0.4, -0.2) is 46.7 Å². The lowest BCUT2D eigenvalue weighted by atomic mass is 9.97. The van der Waals surface area contributed by atoms with Gasteiger partial charge < -0.3 is 14.7 Å². The van der Waals surface area contributed by atoms with Gasteiger partial charge in [0.2, 0.25) is 11.8 Å². The van der Waals surface area contributed by atoms with E-state index in [1.54, 1.807) is 6.92 Å². The van der Waals surface area contributed by atoms with Crippen LogP contribution in [0.15, 0.2) is 10.6 Å². The van der Waals surface area contributed by atoms with Gasteiger partial charge in [-0.3, -0.25) is 9.59 Å². The summed E-state index contributed by atoms with van der Waals surface area (Å²) in [4.78, 5) is 24.2. The number of aromatic nitrogens is 1. The van der Waals surface area contributed by atoms with Gasteiger partial charge in [0.25, 0.3) is 0 Å². The van der Waals surface area contributed by atoms with Crippen LogP contribution in [0.4, 0.5) is 13.2 Å². The Bertz CT molecular complexity index is 585. The molecule has 1 N–H and O–H groups in total. The van der Waals surface area contributed by atoms with Gasteiger partial charge in [-0.2, -0.15) is 13.2 Å². The van der Waals surface area contributed by atoms with Gasteiger partial charge in [0.05, 0.1) is 12.1 Å². The number of rotatable bonds is 3. The predicted molar refractivity (Wildman–Crippen MR) is 73.3 cm³/mol. The second-order valence-electron chi connectivity index (χ2n) is 5.68. The lowest BCUT2D eigenvalue weighted by Crippen LogP contribution is -2.58. The molecular weight excluding hydrogens is 315 g/mol. The van der Waals surface area contributed by atoms with Crippen molar-refractivity contribution in [2.24, 2.45) is 0 Å². The molecule has 2 atom stereocenters. The van der Waals surface area contributed by atoms with Crippen LogP contribution in [0.5, 0.6) is 0 Å². The third-order valence-electron chi connectivity index (χ3n) is 3.70. The van der Waals surface area contributed by atoms with Gasteiger partial charge in [0.1, 0.15) is 11.8 Å². The van der Waals surface area contributed by atoms with Gasteiger partial charge in [-0.25, -0.2) is 0 Å². The SMILES string of the molecule is CC(=O)N[C@H]1CC[C@H](C(F)(F)F)N(C(=O)Cc2cc(C)on2)C1. The van der Waals surface area contributed by atoms with Crippen LogP contribution >= 0.6 is 0 Å². The standard InChI is InChI=1S/C14H18F3N3O3/c1-8-5-11(19-23-8)6-13(22)20-7-10(18-9(2)21)3-4-12(20)14(15,16)17/h5,10,12H,3-4,6-7H2,1-2H3,(H,18,21)/t10-,12+/m0/s1. The lowest BCUT2D eigenvalue weighted by Gasteiger charge is -2.40. The smallest absolute Gasteiger partial charge is 0.361 e. The van der Waals surface area contributed by atoms with E-state index in [0.717, 1.165) is 4.90 Å². The summed E-state index contributed by atoms with van der Waals surface area (Å²) in [7, 11) is 0. The van der Waals surface area contributed by atoms with Crippen LogP contribution in [0.3, 0.4) is 0 Å².